The first-order chi connectivity index (χ1) is 56.8. The molecule has 10 aromatic heterocycles. The molecule has 18 rings (SSSR count). The van der Waals surface area contributed by atoms with E-state index in [0.717, 1.165) is 185 Å². The highest BCUT2D eigenvalue weighted by molar-refractivity contribution is 6.32. The number of hydrogen-bond donors (Lipinski definition) is 1. The number of ether oxygens (including phenoxy) is 1. The monoisotopic (exact) mass is 1660 g/mol. The number of aliphatic hydroxyl groups is 1. The Morgan fingerprint density at radius 2 is 0.795 bits per heavy atom. The topological polar surface area (TPSA) is 193 Å². The SMILES string of the molecule is CC(C)(C)OC(=O)N1CCN(Cc2cn(-c3ccc(Cl)cc3)c3cnccc23)CC1.CN1CCN(Cc2cn(-c3ccc(Cl)cc3)c3cnccc23)CC1.N#CCCCN1CCC(c2cn(-c3ccc(Cl)cc3)c3cnccc23)CC1.O=Cc1cn(-c2ccc(Cl)cc2)c2cnccc12.OCc1cn(-c2ccc(Cl)cc2)c2cnccc12. The molecule has 598 valence electrons. The standard InChI is InChI=1S/C23H27ClN4O2.C22H23ClN4.C19H21ClN4.C14H11ClN2O.C14H9ClN2O/c1-23(2,3)30-22(29)27-12-10-26(11-13-27)15-17-16-28(19-6-4-18(24)5-7-19)21-14-25-9-8-20(17)21;23-18-3-5-19(6-4-18)27-16-21(20-7-11-25-15-22(20)27)17-8-13-26(14-9-17)12-2-1-10-24;1-22-8-10-23(11-9-22)13-15-14-24(17-4-2-16(20)3-5-17)19-12-21-7-6-18(15)19;2*15-11-1-3-12(4-2-11)17-8-10(9-18)13-5-6-16-7-14(13)17/h4-9,14,16H,10-13,15H2,1-3H3;3-7,11,15-17H,1-2,8-9,12-14H2;2-7,12,14H,8-11,13H2,1H3;1-8,18H,9H2;1-9H. The van der Waals surface area contributed by atoms with E-state index in [0.29, 0.717) is 41.0 Å². The van der Waals surface area contributed by atoms with Crippen LogP contribution in [0.2, 0.25) is 25.1 Å². The summed E-state index contributed by atoms with van der Waals surface area (Å²) in [6.45, 7) is 18.2. The second kappa shape index (κ2) is 38.5. The summed E-state index contributed by atoms with van der Waals surface area (Å²) in [6.07, 6.45) is 33.4. The lowest BCUT2D eigenvalue weighted by atomic mass is 9.89. The third-order valence-corrected chi connectivity index (χ3v) is 22.6. The maximum Gasteiger partial charge on any atom is 0.410 e. The molecule has 1 amide bonds. The third kappa shape index (κ3) is 20.4. The number of piperidine rings is 1. The van der Waals surface area contributed by atoms with Crippen molar-refractivity contribution in [2.24, 2.45) is 0 Å². The van der Waals surface area contributed by atoms with Gasteiger partial charge in [0.1, 0.15) is 5.60 Å². The summed E-state index contributed by atoms with van der Waals surface area (Å²) in [6, 6.07) is 51.1. The van der Waals surface area contributed by atoms with Gasteiger partial charge in [-0.05, 0) is 241 Å². The molecule has 117 heavy (non-hydrogen) atoms. The fourth-order valence-corrected chi connectivity index (χ4v) is 15.9. The molecule has 1 N–H and O–H groups in total. The van der Waals surface area contributed by atoms with Gasteiger partial charge >= 0.3 is 6.09 Å². The first-order valence-corrected chi connectivity index (χ1v) is 41.0. The van der Waals surface area contributed by atoms with Crippen molar-refractivity contribution in [3.8, 4) is 34.5 Å². The maximum atomic E-state index is 12.3. The van der Waals surface area contributed by atoms with Gasteiger partial charge in [-0.3, -0.25) is 39.5 Å². The summed E-state index contributed by atoms with van der Waals surface area (Å²) < 4.78 is 16.0. The van der Waals surface area contributed by atoms with E-state index >= 15 is 0 Å². The summed E-state index contributed by atoms with van der Waals surface area (Å²) >= 11 is 29.9. The number of piperazine rings is 2. The molecule has 25 heteroatoms. The van der Waals surface area contributed by atoms with Crippen molar-refractivity contribution >= 4 is 125 Å². The van der Waals surface area contributed by atoms with Crippen LogP contribution in [-0.2, 0) is 24.4 Å². The maximum absolute atomic E-state index is 12.3. The highest BCUT2D eigenvalue weighted by Gasteiger charge is 2.28. The Hall–Kier alpha value is -10.8. The van der Waals surface area contributed by atoms with Gasteiger partial charge < -0.3 is 47.4 Å². The Balaban J connectivity index is 0.000000122. The zero-order valence-electron chi connectivity index (χ0n) is 65.7. The molecule has 0 atom stereocenters. The first-order valence-electron chi connectivity index (χ1n) is 39.1. The largest absolute Gasteiger partial charge is 0.444 e. The number of hydrogen-bond acceptors (Lipinski definition) is 14. The molecule has 0 saturated carbocycles. The number of aldehydes is 1. The van der Waals surface area contributed by atoms with E-state index in [1.165, 1.54) is 32.8 Å². The van der Waals surface area contributed by atoms with Crippen LogP contribution in [-0.4, -0.2) is 174 Å². The lowest BCUT2D eigenvalue weighted by Gasteiger charge is -2.35. The van der Waals surface area contributed by atoms with Crippen LogP contribution < -0.4 is 0 Å². The second-order valence-electron chi connectivity index (χ2n) is 30.3. The number of aromatic nitrogens is 10. The van der Waals surface area contributed by atoms with E-state index in [9.17, 15) is 14.7 Å². The Bertz CT molecular complexity index is 5890. The quantitative estimate of drug-likeness (QED) is 0.0752. The predicted molar refractivity (Wildman–Crippen MR) is 471 cm³/mol. The lowest BCUT2D eigenvalue weighted by Crippen LogP contribution is -2.49. The number of likely N-dealkylation sites (tertiary alicyclic amines) is 1. The van der Waals surface area contributed by atoms with Gasteiger partial charge in [0.15, 0.2) is 6.29 Å². The Morgan fingerprint density at radius 3 is 1.18 bits per heavy atom. The minimum absolute atomic E-state index is 0.0150. The van der Waals surface area contributed by atoms with Crippen LogP contribution in [0.3, 0.4) is 0 Å². The van der Waals surface area contributed by atoms with Crippen LogP contribution in [0.25, 0.3) is 83.0 Å². The van der Waals surface area contributed by atoms with Gasteiger partial charge in [0.2, 0.25) is 0 Å². The molecule has 0 bridgehead atoms. The average Bonchev–Trinajstić information content (AvgIpc) is 1.68. The minimum Gasteiger partial charge on any atom is -0.444 e. The number of nitrogens with zero attached hydrogens (tertiary/aromatic N) is 16. The molecule has 15 aromatic rings. The average molecular weight is 1660 g/mol. The molecular weight excluding hydrogens is 1570 g/mol. The number of likely N-dealkylation sites (N-methyl/N-ethyl adjacent to an activating group) is 1. The Kier molecular flexibility index (Phi) is 27.3. The highest BCUT2D eigenvalue weighted by atomic mass is 35.5. The number of nitriles is 1. The van der Waals surface area contributed by atoms with Gasteiger partial charge in [0.05, 0.1) is 71.2 Å². The molecule has 3 saturated heterocycles. The number of pyridine rings is 5. The molecule has 5 aromatic carbocycles. The lowest BCUT2D eigenvalue weighted by molar-refractivity contribution is 0.0139. The number of unbranched alkanes of at least 4 members (excludes halogenated alkanes) is 1. The van der Waals surface area contributed by atoms with Crippen molar-refractivity contribution in [3.05, 3.63) is 298 Å². The van der Waals surface area contributed by atoms with Crippen molar-refractivity contribution in [1.82, 2.24) is 72.3 Å². The number of fused-ring (bicyclic) bond motifs is 5. The molecule has 0 aliphatic carbocycles. The second-order valence-corrected chi connectivity index (χ2v) is 32.5. The molecule has 3 fully saturated rings. The Morgan fingerprint density at radius 1 is 0.453 bits per heavy atom. The van der Waals surface area contributed by atoms with Crippen LogP contribution >= 0.6 is 58.0 Å². The number of rotatable bonds is 15. The van der Waals surface area contributed by atoms with E-state index in [1.807, 2.05) is 189 Å². The molecular formula is C92H91Cl5N16O4. The number of carbonyl (C=O) groups is 2. The molecule has 13 heterocycles. The fraction of sp³-hybridized carbons (Fsp3) is 0.261. The number of carbonyl (C=O) groups excluding carboxylic acids is 2. The van der Waals surface area contributed by atoms with Crippen molar-refractivity contribution < 1.29 is 19.4 Å². The van der Waals surface area contributed by atoms with E-state index in [2.05, 4.69) is 132 Å². The summed E-state index contributed by atoms with van der Waals surface area (Å²) in [7, 11) is 2.19. The van der Waals surface area contributed by atoms with Crippen molar-refractivity contribution in [1.29, 1.82) is 5.26 Å². The summed E-state index contributed by atoms with van der Waals surface area (Å²) in [4.78, 5) is 56.2. The van der Waals surface area contributed by atoms with E-state index < -0.39 is 5.60 Å². The molecule has 3 aliphatic heterocycles. The number of halogens is 5. The predicted octanol–water partition coefficient (Wildman–Crippen LogP) is 20.0. The van der Waals surface area contributed by atoms with Gasteiger partial charge in [0, 0.05) is 225 Å². The zero-order valence-corrected chi connectivity index (χ0v) is 69.5. The minimum atomic E-state index is -0.467. The molecule has 0 spiro atoms. The van der Waals surface area contributed by atoms with Gasteiger partial charge in [0.25, 0.3) is 0 Å². The third-order valence-electron chi connectivity index (χ3n) is 21.4. The van der Waals surface area contributed by atoms with E-state index in [1.54, 1.807) is 29.7 Å². The Labute approximate surface area is 705 Å². The molecule has 0 unspecified atom stereocenters. The van der Waals surface area contributed by atoms with Crippen molar-refractivity contribution in [2.45, 2.75) is 77.7 Å². The zero-order chi connectivity index (χ0) is 81.5. The van der Waals surface area contributed by atoms with E-state index in [-0.39, 0.29) is 12.7 Å². The van der Waals surface area contributed by atoms with Gasteiger partial charge in [-0.25, -0.2) is 4.79 Å². The fourth-order valence-electron chi connectivity index (χ4n) is 15.3. The smallest absolute Gasteiger partial charge is 0.410 e. The van der Waals surface area contributed by atoms with Crippen molar-refractivity contribution in [3.63, 3.8) is 0 Å². The van der Waals surface area contributed by atoms with Gasteiger partial charge in [-0.2, -0.15) is 5.26 Å². The van der Waals surface area contributed by atoms with Gasteiger partial charge in [-0.1, -0.05) is 58.0 Å². The van der Waals surface area contributed by atoms with Crippen molar-refractivity contribution in [2.75, 3.05) is 79.0 Å². The highest BCUT2D eigenvalue weighted by Crippen LogP contribution is 2.37. The molecule has 3 aliphatic rings. The first kappa shape index (κ1) is 82.7. The number of amides is 1. The normalized spacial score (nSPS) is 14.4. The van der Waals surface area contributed by atoms with Gasteiger partial charge in [-0.15, -0.1) is 0 Å². The molecule has 20 nitrogen and oxygen atoms in total. The summed E-state index contributed by atoms with van der Waals surface area (Å²) in [5, 5.41) is 27.4. The van der Waals surface area contributed by atoms with Crippen LogP contribution in [0.1, 0.15) is 85.0 Å². The molecule has 0 radical (unpaired) electrons. The number of benzene rings is 5. The van der Waals surface area contributed by atoms with Crippen LogP contribution in [0.4, 0.5) is 4.79 Å². The summed E-state index contributed by atoms with van der Waals surface area (Å²) in [5.74, 6) is 0.565. The van der Waals surface area contributed by atoms with Crippen LogP contribution in [0.5, 0.6) is 0 Å². The van der Waals surface area contributed by atoms with E-state index in [4.69, 9.17) is 68.0 Å². The van der Waals surface area contributed by atoms with Crippen LogP contribution in [0, 0.1) is 11.3 Å². The number of aliphatic hydroxyl groups excluding tert-OH is 1. The summed E-state index contributed by atoms with van der Waals surface area (Å²) in [5.41, 5.74) is 15.6. The van der Waals surface area contributed by atoms with Crippen LogP contribution in [0.15, 0.2) is 245 Å².